The van der Waals surface area contributed by atoms with E-state index in [4.69, 9.17) is 0 Å². The number of hydrogen-bond acceptors (Lipinski definition) is 5. The Labute approximate surface area is 113 Å². The number of rotatable bonds is 3. The molecule has 1 aliphatic rings. The van der Waals surface area contributed by atoms with Crippen LogP contribution in [0, 0.1) is 0 Å². The first kappa shape index (κ1) is 12.3. The van der Waals surface area contributed by atoms with Crippen LogP contribution in [0.2, 0.25) is 0 Å². The molecule has 0 saturated carbocycles. The van der Waals surface area contributed by atoms with Gasteiger partial charge in [0.2, 0.25) is 0 Å². The number of nitrogens with zero attached hydrogens (tertiary/aromatic N) is 6. The first-order chi connectivity index (χ1) is 9.20. The van der Waals surface area contributed by atoms with Crippen LogP contribution < -0.4 is 4.90 Å². The van der Waals surface area contributed by atoms with Gasteiger partial charge in [-0.2, -0.15) is 5.10 Å². The highest BCUT2D eigenvalue weighted by atomic mass is 15.3. The summed E-state index contributed by atoms with van der Waals surface area (Å²) in [4.78, 5) is 13.5. The van der Waals surface area contributed by atoms with Crippen molar-refractivity contribution in [3.8, 4) is 0 Å². The molecule has 2 aromatic rings. The molecule has 19 heavy (non-hydrogen) atoms. The Hall–Kier alpha value is -1.69. The van der Waals surface area contributed by atoms with Crippen LogP contribution in [0.1, 0.15) is 13.3 Å². The fraction of sp³-hybridized carbons (Fsp3) is 0.615. The van der Waals surface area contributed by atoms with Gasteiger partial charge < -0.3 is 9.80 Å². The first-order valence-corrected chi connectivity index (χ1v) is 6.78. The van der Waals surface area contributed by atoms with Gasteiger partial charge in [-0.05, 0) is 20.0 Å². The predicted molar refractivity (Wildman–Crippen MR) is 75.2 cm³/mol. The second-order valence-corrected chi connectivity index (χ2v) is 5.16. The van der Waals surface area contributed by atoms with E-state index < -0.39 is 0 Å². The number of fused-ring (bicyclic) bond motifs is 1. The van der Waals surface area contributed by atoms with E-state index in [1.54, 1.807) is 11.0 Å². The predicted octanol–water partition coefficient (Wildman–Crippen LogP) is 0.894. The van der Waals surface area contributed by atoms with Gasteiger partial charge in [0.05, 0.1) is 11.6 Å². The van der Waals surface area contributed by atoms with Gasteiger partial charge in [0.25, 0.3) is 0 Å². The minimum atomic E-state index is 0.617. The molecule has 102 valence electrons. The summed E-state index contributed by atoms with van der Waals surface area (Å²) in [7, 11) is 4.10. The van der Waals surface area contributed by atoms with Crippen molar-refractivity contribution in [3.05, 3.63) is 12.5 Å². The average molecular weight is 260 g/mol. The zero-order chi connectivity index (χ0) is 13.4. The smallest absolute Gasteiger partial charge is 0.163 e. The Morgan fingerprint density at radius 2 is 2.26 bits per heavy atom. The molecular formula is C13H20N6. The number of likely N-dealkylation sites (N-methyl/N-ethyl adjacent to an activating group) is 1. The topological polar surface area (TPSA) is 50.1 Å². The number of aryl methyl sites for hydroxylation is 1. The van der Waals surface area contributed by atoms with Gasteiger partial charge in [0.15, 0.2) is 5.65 Å². The Balaban J connectivity index is 1.90. The summed E-state index contributed by atoms with van der Waals surface area (Å²) in [5.74, 6) is 1.02. The summed E-state index contributed by atoms with van der Waals surface area (Å²) in [5, 5.41) is 5.32. The van der Waals surface area contributed by atoms with Gasteiger partial charge in [0, 0.05) is 26.2 Å². The van der Waals surface area contributed by atoms with Crippen molar-refractivity contribution in [2.75, 3.05) is 31.6 Å². The number of anilines is 1. The third-order valence-electron chi connectivity index (χ3n) is 4.09. The minimum Gasteiger partial charge on any atom is -0.354 e. The quantitative estimate of drug-likeness (QED) is 0.820. The molecule has 0 radical (unpaired) electrons. The van der Waals surface area contributed by atoms with Gasteiger partial charge in [-0.15, -0.1) is 0 Å². The molecule has 0 bridgehead atoms. The summed E-state index contributed by atoms with van der Waals surface area (Å²) >= 11 is 0. The van der Waals surface area contributed by atoms with Crippen molar-refractivity contribution in [2.24, 2.45) is 7.05 Å². The molecule has 0 aliphatic carbocycles. The Morgan fingerprint density at radius 1 is 1.42 bits per heavy atom. The molecule has 1 saturated heterocycles. The fourth-order valence-corrected chi connectivity index (χ4v) is 2.75. The van der Waals surface area contributed by atoms with Gasteiger partial charge in [-0.25, -0.2) is 9.97 Å². The number of aromatic nitrogens is 4. The summed E-state index contributed by atoms with van der Waals surface area (Å²) in [6.07, 6.45) is 4.69. The second-order valence-electron chi connectivity index (χ2n) is 5.16. The molecule has 0 aromatic carbocycles. The van der Waals surface area contributed by atoms with Crippen molar-refractivity contribution in [2.45, 2.75) is 19.4 Å². The van der Waals surface area contributed by atoms with E-state index >= 15 is 0 Å². The van der Waals surface area contributed by atoms with Crippen molar-refractivity contribution in [3.63, 3.8) is 0 Å². The van der Waals surface area contributed by atoms with E-state index in [9.17, 15) is 0 Å². The maximum Gasteiger partial charge on any atom is 0.163 e. The van der Waals surface area contributed by atoms with Crippen LogP contribution in [-0.4, -0.2) is 57.4 Å². The summed E-state index contributed by atoms with van der Waals surface area (Å²) < 4.78 is 1.80. The molecule has 0 spiro atoms. The van der Waals surface area contributed by atoms with Gasteiger partial charge in [-0.1, -0.05) is 6.92 Å². The van der Waals surface area contributed by atoms with Gasteiger partial charge >= 0.3 is 0 Å². The molecule has 0 amide bonds. The highest BCUT2D eigenvalue weighted by Crippen LogP contribution is 2.26. The molecule has 1 unspecified atom stereocenters. The van der Waals surface area contributed by atoms with Crippen molar-refractivity contribution < 1.29 is 0 Å². The lowest BCUT2D eigenvalue weighted by atomic mass is 10.2. The third-order valence-corrected chi connectivity index (χ3v) is 4.09. The maximum atomic E-state index is 4.46. The molecule has 0 N–H and O–H groups in total. The molecular weight excluding hydrogens is 240 g/mol. The Morgan fingerprint density at radius 3 is 3.05 bits per heavy atom. The zero-order valence-corrected chi connectivity index (χ0v) is 11.7. The van der Waals surface area contributed by atoms with E-state index in [2.05, 4.69) is 38.8 Å². The lowest BCUT2D eigenvalue weighted by Gasteiger charge is -2.23. The van der Waals surface area contributed by atoms with Crippen LogP contribution in [0.3, 0.4) is 0 Å². The standard InChI is InChI=1S/C13H20N6/c1-4-17(2)10-5-6-19(8-10)13-11-7-16-18(3)12(11)14-9-15-13/h7,9-10H,4-6,8H2,1-3H3. The van der Waals surface area contributed by atoms with E-state index in [1.165, 1.54) is 6.42 Å². The van der Waals surface area contributed by atoms with Crippen LogP contribution >= 0.6 is 0 Å². The van der Waals surface area contributed by atoms with Gasteiger partial charge in [-0.3, -0.25) is 4.68 Å². The maximum absolute atomic E-state index is 4.46. The molecule has 3 heterocycles. The second kappa shape index (κ2) is 4.77. The molecule has 1 aliphatic heterocycles. The van der Waals surface area contributed by atoms with Gasteiger partial charge in [0.1, 0.15) is 12.1 Å². The lowest BCUT2D eigenvalue weighted by Crippen LogP contribution is -2.34. The first-order valence-electron chi connectivity index (χ1n) is 6.78. The zero-order valence-electron chi connectivity index (χ0n) is 11.7. The van der Waals surface area contributed by atoms with Crippen LogP contribution in [0.25, 0.3) is 11.0 Å². The lowest BCUT2D eigenvalue weighted by molar-refractivity contribution is 0.272. The van der Waals surface area contributed by atoms with Crippen LogP contribution in [0.4, 0.5) is 5.82 Å². The summed E-state index contributed by atoms with van der Waals surface area (Å²) in [5.41, 5.74) is 0.900. The monoisotopic (exact) mass is 260 g/mol. The van der Waals surface area contributed by atoms with Crippen molar-refractivity contribution >= 4 is 16.9 Å². The molecule has 3 rings (SSSR count). The summed E-state index contributed by atoms with van der Waals surface area (Å²) in [6, 6.07) is 0.617. The molecule has 2 aromatic heterocycles. The SMILES string of the molecule is CCN(C)C1CCN(c2ncnc3c2cnn3C)C1. The van der Waals surface area contributed by atoms with Crippen LogP contribution in [-0.2, 0) is 7.05 Å². The Bertz CT molecular complexity index is 578. The highest BCUT2D eigenvalue weighted by molar-refractivity contribution is 5.86. The molecule has 1 fully saturated rings. The normalized spacial score (nSPS) is 19.8. The molecule has 6 heteroatoms. The Kier molecular flexibility index (Phi) is 3.10. The number of hydrogen-bond donors (Lipinski definition) is 0. The fourth-order valence-electron chi connectivity index (χ4n) is 2.75. The average Bonchev–Trinajstić information content (AvgIpc) is 3.05. The van der Waals surface area contributed by atoms with Crippen LogP contribution in [0.15, 0.2) is 12.5 Å². The largest absolute Gasteiger partial charge is 0.354 e. The third kappa shape index (κ3) is 2.06. The molecule has 6 nitrogen and oxygen atoms in total. The van der Waals surface area contributed by atoms with E-state index in [0.29, 0.717) is 6.04 Å². The van der Waals surface area contributed by atoms with E-state index in [-0.39, 0.29) is 0 Å². The van der Waals surface area contributed by atoms with Crippen LogP contribution in [0.5, 0.6) is 0 Å². The highest BCUT2D eigenvalue weighted by Gasteiger charge is 2.27. The van der Waals surface area contributed by atoms with E-state index in [0.717, 1.165) is 36.5 Å². The molecule has 1 atom stereocenters. The van der Waals surface area contributed by atoms with Crippen molar-refractivity contribution in [1.29, 1.82) is 0 Å². The minimum absolute atomic E-state index is 0.617. The summed E-state index contributed by atoms with van der Waals surface area (Å²) in [6.45, 7) is 5.37. The van der Waals surface area contributed by atoms with Crippen molar-refractivity contribution in [1.82, 2.24) is 24.6 Å². The van der Waals surface area contributed by atoms with E-state index in [1.807, 2.05) is 13.2 Å².